The third-order valence-corrected chi connectivity index (χ3v) is 5.39. The number of hydrogen-bond acceptors (Lipinski definition) is 5. The minimum absolute atomic E-state index is 0.102. The number of ether oxygens (including phenoxy) is 1. The molecule has 2 unspecified atom stereocenters. The summed E-state index contributed by atoms with van der Waals surface area (Å²) in [4.78, 5) is 25.8. The number of carbonyl (C=O) groups excluding carboxylic acids is 1. The molecule has 6 nitrogen and oxygen atoms in total. The van der Waals surface area contributed by atoms with Crippen molar-refractivity contribution in [3.63, 3.8) is 0 Å². The Kier molecular flexibility index (Phi) is 3.82. The van der Waals surface area contributed by atoms with Crippen molar-refractivity contribution in [1.82, 2.24) is 0 Å². The van der Waals surface area contributed by atoms with Gasteiger partial charge in [0.2, 0.25) is 0 Å². The third kappa shape index (κ3) is 2.35. The highest BCUT2D eigenvalue weighted by atomic mass is 16.6. The van der Waals surface area contributed by atoms with Gasteiger partial charge in [-0.25, -0.2) is 4.79 Å². The minimum atomic E-state index is -0.349. The number of esters is 1. The SMILES string of the molecule is CCOC(=O)C1=C2C=Cc3c(cccc3[N+](=O)[O-])N2C2CCCCC12. The second kappa shape index (κ2) is 6.02. The van der Waals surface area contributed by atoms with E-state index in [1.807, 2.05) is 19.1 Å². The number of hydrogen-bond donors (Lipinski definition) is 0. The maximum atomic E-state index is 12.6. The fourth-order valence-electron chi connectivity index (χ4n) is 4.44. The standard InChI is InChI=1S/C19H20N2O4/c1-2-25-19(22)18-13-6-3-4-7-15(13)20-14-8-5-9-16(21(23)24)12(14)10-11-17(18)20/h5,8-11,13,15H,2-4,6-7H2,1H3. The molecule has 0 bridgehead atoms. The monoisotopic (exact) mass is 340 g/mol. The summed E-state index contributed by atoms with van der Waals surface area (Å²) in [6.45, 7) is 2.16. The van der Waals surface area contributed by atoms with Crippen molar-refractivity contribution < 1.29 is 14.5 Å². The van der Waals surface area contributed by atoms with Crippen molar-refractivity contribution in [3.05, 3.63) is 51.2 Å². The van der Waals surface area contributed by atoms with Crippen LogP contribution in [0.2, 0.25) is 0 Å². The van der Waals surface area contributed by atoms with Crippen molar-refractivity contribution >= 4 is 23.4 Å². The van der Waals surface area contributed by atoms with E-state index in [-0.39, 0.29) is 28.5 Å². The number of nitro benzene ring substituents is 1. The van der Waals surface area contributed by atoms with E-state index in [2.05, 4.69) is 4.90 Å². The predicted molar refractivity (Wildman–Crippen MR) is 94.0 cm³/mol. The lowest BCUT2D eigenvalue weighted by Gasteiger charge is -2.36. The summed E-state index contributed by atoms with van der Waals surface area (Å²) < 4.78 is 5.31. The van der Waals surface area contributed by atoms with Crippen LogP contribution in [-0.2, 0) is 9.53 Å². The summed E-state index contributed by atoms with van der Waals surface area (Å²) in [7, 11) is 0. The minimum Gasteiger partial charge on any atom is -0.463 e. The zero-order valence-electron chi connectivity index (χ0n) is 14.1. The maximum Gasteiger partial charge on any atom is 0.336 e. The number of carbonyl (C=O) groups is 1. The number of rotatable bonds is 3. The number of nitro groups is 1. The highest BCUT2D eigenvalue weighted by Gasteiger charge is 2.46. The Labute approximate surface area is 145 Å². The van der Waals surface area contributed by atoms with Crippen LogP contribution in [0.5, 0.6) is 0 Å². The van der Waals surface area contributed by atoms with Crippen LogP contribution in [0.4, 0.5) is 11.4 Å². The van der Waals surface area contributed by atoms with Crippen LogP contribution in [0.25, 0.3) is 6.08 Å². The second-order valence-corrected chi connectivity index (χ2v) is 6.65. The van der Waals surface area contributed by atoms with E-state index in [9.17, 15) is 14.9 Å². The highest BCUT2D eigenvalue weighted by Crippen LogP contribution is 2.49. The zero-order chi connectivity index (χ0) is 17.6. The summed E-state index contributed by atoms with van der Waals surface area (Å²) in [5.74, 6) is -0.118. The lowest BCUT2D eigenvalue weighted by atomic mass is 9.81. The predicted octanol–water partition coefficient (Wildman–Crippen LogP) is 3.82. The van der Waals surface area contributed by atoms with Crippen molar-refractivity contribution in [3.8, 4) is 0 Å². The third-order valence-electron chi connectivity index (χ3n) is 5.39. The van der Waals surface area contributed by atoms with Crippen LogP contribution in [0.15, 0.2) is 35.5 Å². The Hall–Kier alpha value is -2.63. The van der Waals surface area contributed by atoms with Crippen molar-refractivity contribution in [2.24, 2.45) is 5.92 Å². The Bertz CT molecular complexity index is 812. The molecule has 1 saturated carbocycles. The number of anilines is 1. The molecule has 0 amide bonds. The van der Waals surface area contributed by atoms with E-state index in [0.717, 1.165) is 42.6 Å². The van der Waals surface area contributed by atoms with E-state index in [4.69, 9.17) is 4.74 Å². The van der Waals surface area contributed by atoms with E-state index < -0.39 is 0 Å². The zero-order valence-corrected chi connectivity index (χ0v) is 14.1. The fraction of sp³-hybridized carbons (Fsp3) is 0.421. The van der Waals surface area contributed by atoms with Gasteiger partial charge in [-0.15, -0.1) is 0 Å². The van der Waals surface area contributed by atoms with E-state index in [1.165, 1.54) is 6.07 Å². The van der Waals surface area contributed by atoms with Gasteiger partial charge in [0.05, 0.1) is 34.1 Å². The number of fused-ring (bicyclic) bond motifs is 5. The van der Waals surface area contributed by atoms with Crippen molar-refractivity contribution in [1.29, 1.82) is 0 Å². The smallest absolute Gasteiger partial charge is 0.336 e. The van der Waals surface area contributed by atoms with E-state index >= 15 is 0 Å². The molecule has 6 heteroatoms. The van der Waals surface area contributed by atoms with Gasteiger partial charge in [-0.3, -0.25) is 10.1 Å². The molecule has 0 saturated heterocycles. The Balaban J connectivity index is 1.88. The molecule has 2 atom stereocenters. The molecule has 3 aliphatic rings. The quantitative estimate of drug-likeness (QED) is 0.475. The van der Waals surface area contributed by atoms with Gasteiger partial charge in [0.1, 0.15) is 0 Å². The van der Waals surface area contributed by atoms with Crippen LogP contribution in [0, 0.1) is 16.0 Å². The Morgan fingerprint density at radius 2 is 2.12 bits per heavy atom. The molecule has 25 heavy (non-hydrogen) atoms. The Morgan fingerprint density at radius 3 is 2.88 bits per heavy atom. The first kappa shape index (κ1) is 15.9. The van der Waals surface area contributed by atoms with E-state index in [0.29, 0.717) is 12.2 Å². The average Bonchev–Trinajstić information content (AvgIpc) is 2.96. The number of benzene rings is 1. The van der Waals surface area contributed by atoms with Gasteiger partial charge in [0, 0.05) is 18.0 Å². The molecular weight excluding hydrogens is 320 g/mol. The fourth-order valence-corrected chi connectivity index (χ4v) is 4.44. The molecule has 2 aliphatic heterocycles. The molecule has 1 aliphatic carbocycles. The summed E-state index contributed by atoms with van der Waals surface area (Å²) >= 11 is 0. The molecule has 0 N–H and O–H groups in total. The van der Waals surface area contributed by atoms with E-state index in [1.54, 1.807) is 12.1 Å². The second-order valence-electron chi connectivity index (χ2n) is 6.65. The van der Waals surface area contributed by atoms with Gasteiger partial charge in [-0.1, -0.05) is 18.9 Å². The number of nitrogens with zero attached hydrogens (tertiary/aromatic N) is 2. The first-order valence-corrected chi connectivity index (χ1v) is 8.79. The van der Waals surface area contributed by atoms with Gasteiger partial charge in [0.25, 0.3) is 5.69 Å². The summed E-state index contributed by atoms with van der Waals surface area (Å²) in [5, 5.41) is 11.4. The van der Waals surface area contributed by atoms with Crippen LogP contribution >= 0.6 is 0 Å². The van der Waals surface area contributed by atoms with Gasteiger partial charge >= 0.3 is 5.97 Å². The maximum absolute atomic E-state index is 12.6. The molecule has 1 fully saturated rings. The first-order valence-electron chi connectivity index (χ1n) is 8.79. The average molecular weight is 340 g/mol. The number of allylic oxidation sites excluding steroid dienone is 1. The summed E-state index contributed by atoms with van der Waals surface area (Å²) in [6.07, 6.45) is 7.74. The van der Waals surface area contributed by atoms with Gasteiger partial charge < -0.3 is 9.64 Å². The highest BCUT2D eigenvalue weighted by molar-refractivity contribution is 5.96. The molecule has 0 aromatic heterocycles. The molecule has 1 aromatic carbocycles. The van der Waals surface area contributed by atoms with Gasteiger partial charge in [-0.05, 0) is 38.0 Å². The molecule has 130 valence electrons. The molecule has 0 radical (unpaired) electrons. The molecule has 2 heterocycles. The van der Waals surface area contributed by atoms with Crippen molar-refractivity contribution in [2.75, 3.05) is 11.5 Å². The molecule has 4 rings (SSSR count). The summed E-state index contributed by atoms with van der Waals surface area (Å²) in [5.41, 5.74) is 3.13. The van der Waals surface area contributed by atoms with Crippen LogP contribution in [-0.4, -0.2) is 23.5 Å². The first-order chi connectivity index (χ1) is 12.1. The molecular formula is C19H20N2O4. The Morgan fingerprint density at radius 1 is 1.32 bits per heavy atom. The topological polar surface area (TPSA) is 72.7 Å². The summed E-state index contributed by atoms with van der Waals surface area (Å²) in [6, 6.07) is 5.33. The molecule has 0 spiro atoms. The van der Waals surface area contributed by atoms with Crippen LogP contribution < -0.4 is 4.90 Å². The van der Waals surface area contributed by atoms with Crippen molar-refractivity contribution in [2.45, 2.75) is 38.6 Å². The van der Waals surface area contributed by atoms with Crippen LogP contribution in [0.3, 0.4) is 0 Å². The van der Waals surface area contributed by atoms with Crippen LogP contribution in [0.1, 0.15) is 38.2 Å². The van der Waals surface area contributed by atoms with Gasteiger partial charge in [0.15, 0.2) is 0 Å². The normalized spacial score (nSPS) is 23.8. The van der Waals surface area contributed by atoms with Gasteiger partial charge in [-0.2, -0.15) is 0 Å². The lowest BCUT2D eigenvalue weighted by molar-refractivity contribution is -0.385. The molecule has 1 aromatic rings. The largest absolute Gasteiger partial charge is 0.463 e. The lowest BCUT2D eigenvalue weighted by Crippen LogP contribution is -2.37.